The number of aromatic nitrogens is 4. The summed E-state index contributed by atoms with van der Waals surface area (Å²) in [4.78, 5) is 20.5. The zero-order valence-corrected chi connectivity index (χ0v) is 37.3. The van der Waals surface area contributed by atoms with Crippen LogP contribution in [0.3, 0.4) is 0 Å². The molecule has 0 aliphatic carbocycles. The number of benzene rings is 8. The van der Waals surface area contributed by atoms with Gasteiger partial charge in [0.2, 0.25) is 0 Å². The fourth-order valence-electron chi connectivity index (χ4n) is 8.64. The summed E-state index contributed by atoms with van der Waals surface area (Å²) in [5, 5.41) is 2.09. The average Bonchev–Trinajstić information content (AvgIpc) is 3.33. The van der Waals surface area contributed by atoms with Gasteiger partial charge in [0.1, 0.15) is 0 Å². The molecule has 0 amide bonds. The van der Waals surface area contributed by atoms with E-state index in [4.69, 9.17) is 19.9 Å². The van der Waals surface area contributed by atoms with Crippen molar-refractivity contribution in [2.24, 2.45) is 0 Å². The lowest BCUT2D eigenvalue weighted by atomic mass is 9.86. The van der Waals surface area contributed by atoms with Gasteiger partial charge in [-0.25, -0.2) is 19.9 Å². The summed E-state index contributed by atoms with van der Waals surface area (Å²) in [5.41, 5.74) is 17.5. The lowest BCUT2D eigenvalue weighted by Gasteiger charge is -2.19. The molecule has 0 aliphatic heterocycles. The highest BCUT2D eigenvalue weighted by Gasteiger charge is 2.19. The van der Waals surface area contributed by atoms with Gasteiger partial charge in [0, 0.05) is 33.0 Å². The van der Waals surface area contributed by atoms with E-state index >= 15 is 0 Å². The van der Waals surface area contributed by atoms with Gasteiger partial charge in [0.15, 0.2) is 11.6 Å². The van der Waals surface area contributed by atoms with Crippen LogP contribution < -0.4 is 0 Å². The first-order valence-electron chi connectivity index (χ1n) is 22.1. The van der Waals surface area contributed by atoms with E-state index in [2.05, 4.69) is 224 Å². The molecular weight excluding hydrogens is 777 g/mol. The second-order valence-corrected chi connectivity index (χ2v) is 18.7. The smallest absolute Gasteiger partial charge is 0.160 e. The van der Waals surface area contributed by atoms with E-state index in [1.807, 2.05) is 12.1 Å². The molecule has 0 atom stereocenters. The van der Waals surface area contributed by atoms with Crippen LogP contribution in [-0.2, 0) is 10.8 Å². The third kappa shape index (κ3) is 7.88. The molecule has 0 bridgehead atoms. The van der Waals surface area contributed by atoms with Gasteiger partial charge in [-0.3, -0.25) is 0 Å². The molecule has 2 aromatic heterocycles. The Labute approximate surface area is 376 Å². The Kier molecular flexibility index (Phi) is 10.3. The number of rotatable bonds is 7. The minimum absolute atomic E-state index is 0.0756. The minimum atomic E-state index is 0.0756. The Morgan fingerprint density at radius 3 is 0.922 bits per heavy atom. The van der Waals surface area contributed by atoms with E-state index in [9.17, 15) is 0 Å². The monoisotopic (exact) mass is 826 g/mol. The van der Waals surface area contributed by atoms with Gasteiger partial charge in [-0.2, -0.15) is 0 Å². The van der Waals surface area contributed by atoms with Crippen molar-refractivity contribution >= 4 is 21.8 Å². The van der Waals surface area contributed by atoms with Gasteiger partial charge >= 0.3 is 0 Å². The van der Waals surface area contributed by atoms with Crippen molar-refractivity contribution in [3.63, 3.8) is 0 Å². The van der Waals surface area contributed by atoms with Crippen LogP contribution in [0.15, 0.2) is 194 Å². The highest BCUT2D eigenvalue weighted by molar-refractivity contribution is 5.96. The average molecular weight is 827 g/mol. The first-order valence-corrected chi connectivity index (χ1v) is 22.1. The van der Waals surface area contributed by atoms with Crippen LogP contribution in [0.5, 0.6) is 0 Å². The topological polar surface area (TPSA) is 51.6 Å². The van der Waals surface area contributed by atoms with E-state index in [-0.39, 0.29) is 10.8 Å². The Morgan fingerprint density at radius 1 is 0.266 bits per heavy atom. The molecular formula is C60H50N4. The Balaban J connectivity index is 0.968. The highest BCUT2D eigenvalue weighted by atomic mass is 14.9. The summed E-state index contributed by atoms with van der Waals surface area (Å²) in [5.74, 6) is 1.42. The van der Waals surface area contributed by atoms with Crippen LogP contribution in [0.4, 0.5) is 0 Å². The largest absolute Gasteiger partial charge is 0.228 e. The first kappa shape index (κ1) is 40.5. The summed E-state index contributed by atoms with van der Waals surface area (Å²) in [6, 6.07) is 68.9. The van der Waals surface area contributed by atoms with Crippen molar-refractivity contribution in [3.05, 3.63) is 205 Å². The molecule has 0 radical (unpaired) electrons. The zero-order chi connectivity index (χ0) is 44.0. The highest BCUT2D eigenvalue weighted by Crippen LogP contribution is 2.40. The number of hydrogen-bond donors (Lipinski definition) is 0. The van der Waals surface area contributed by atoms with Crippen molar-refractivity contribution in [1.82, 2.24) is 19.9 Å². The molecule has 0 unspecified atom stereocenters. The molecule has 0 aliphatic rings. The van der Waals surface area contributed by atoms with Crippen LogP contribution in [0.25, 0.3) is 100 Å². The summed E-state index contributed by atoms with van der Waals surface area (Å²) in [6.45, 7) is 13.4. The van der Waals surface area contributed by atoms with E-state index in [0.717, 1.165) is 88.8 Å². The van der Waals surface area contributed by atoms with Crippen LogP contribution in [0.1, 0.15) is 52.7 Å². The predicted molar refractivity (Wildman–Crippen MR) is 268 cm³/mol. The predicted octanol–water partition coefficient (Wildman–Crippen LogP) is 15.8. The Hall–Kier alpha value is -7.56. The molecule has 4 heteroatoms. The molecule has 10 aromatic rings. The first-order chi connectivity index (χ1) is 31.0. The van der Waals surface area contributed by atoms with E-state index in [0.29, 0.717) is 11.6 Å². The lowest BCUT2D eigenvalue weighted by Crippen LogP contribution is -2.10. The summed E-state index contributed by atoms with van der Waals surface area (Å²) < 4.78 is 0. The second-order valence-electron chi connectivity index (χ2n) is 18.7. The summed E-state index contributed by atoms with van der Waals surface area (Å²) in [7, 11) is 0. The lowest BCUT2D eigenvalue weighted by molar-refractivity contribution is 0.590. The molecule has 8 aromatic carbocycles. The van der Waals surface area contributed by atoms with Gasteiger partial charge in [-0.1, -0.05) is 224 Å². The molecule has 0 fully saturated rings. The Bertz CT molecular complexity index is 3070. The van der Waals surface area contributed by atoms with E-state index in [1.54, 1.807) is 0 Å². The van der Waals surface area contributed by atoms with Gasteiger partial charge in [-0.05, 0) is 67.5 Å². The molecule has 0 spiro atoms. The van der Waals surface area contributed by atoms with Crippen molar-refractivity contribution in [2.75, 3.05) is 0 Å². The van der Waals surface area contributed by atoms with Gasteiger partial charge in [-0.15, -0.1) is 0 Å². The van der Waals surface area contributed by atoms with Crippen LogP contribution in [0, 0.1) is 0 Å². The van der Waals surface area contributed by atoms with Gasteiger partial charge in [0.05, 0.1) is 22.4 Å². The summed E-state index contributed by atoms with van der Waals surface area (Å²) >= 11 is 0. The zero-order valence-electron chi connectivity index (χ0n) is 37.3. The molecule has 4 nitrogen and oxygen atoms in total. The molecule has 64 heavy (non-hydrogen) atoms. The van der Waals surface area contributed by atoms with Crippen molar-refractivity contribution in [3.8, 4) is 78.7 Å². The van der Waals surface area contributed by atoms with Crippen LogP contribution >= 0.6 is 0 Å². The number of hydrogen-bond acceptors (Lipinski definition) is 4. The van der Waals surface area contributed by atoms with Crippen molar-refractivity contribution < 1.29 is 0 Å². The third-order valence-corrected chi connectivity index (χ3v) is 12.3. The molecule has 10 rings (SSSR count). The SMILES string of the molecule is CC(C)(C)c1ccc(-c2nc(-c3ccc(-c4ccccc4-c4ccccc4-c4ccc(-c5nc(-c6ccc(C(C)(C)C)cc6)c6ccccc6n5)cc4)cc3)nc3ccccc23)cc1. The second kappa shape index (κ2) is 16.3. The molecule has 310 valence electrons. The molecule has 0 saturated carbocycles. The van der Waals surface area contributed by atoms with Crippen molar-refractivity contribution in [2.45, 2.75) is 52.4 Å². The number of nitrogens with zero attached hydrogens (tertiary/aromatic N) is 4. The van der Waals surface area contributed by atoms with Crippen molar-refractivity contribution in [1.29, 1.82) is 0 Å². The molecule has 0 saturated heterocycles. The quantitative estimate of drug-likeness (QED) is 0.161. The van der Waals surface area contributed by atoms with Gasteiger partial charge in [0.25, 0.3) is 0 Å². The van der Waals surface area contributed by atoms with E-state index < -0.39 is 0 Å². The maximum Gasteiger partial charge on any atom is 0.160 e. The molecule has 0 N–H and O–H groups in total. The maximum atomic E-state index is 5.19. The minimum Gasteiger partial charge on any atom is -0.228 e. The fourth-order valence-corrected chi connectivity index (χ4v) is 8.64. The van der Waals surface area contributed by atoms with Crippen LogP contribution in [0.2, 0.25) is 0 Å². The van der Waals surface area contributed by atoms with Gasteiger partial charge < -0.3 is 0 Å². The number of para-hydroxylation sites is 2. The normalized spacial score (nSPS) is 11.9. The Morgan fingerprint density at radius 2 is 0.562 bits per heavy atom. The summed E-state index contributed by atoms with van der Waals surface area (Å²) in [6.07, 6.45) is 0. The maximum absolute atomic E-state index is 5.19. The fraction of sp³-hybridized carbons (Fsp3) is 0.133. The number of fused-ring (bicyclic) bond motifs is 2. The third-order valence-electron chi connectivity index (χ3n) is 12.3. The molecule has 2 heterocycles. The van der Waals surface area contributed by atoms with Crippen LogP contribution in [-0.4, -0.2) is 19.9 Å². The van der Waals surface area contributed by atoms with E-state index in [1.165, 1.54) is 11.1 Å². The standard InChI is InChI=1S/C60H50N4/c1-59(2,3)45-35-31-41(32-36-45)55-51-19-11-13-21-53(51)61-57(63-55)43-27-23-39(24-28-43)47-15-7-9-17-49(47)50-18-10-8-16-48(50)40-25-29-44(30-26-40)58-62-54-22-14-12-20-52(54)56(64-58)42-33-37-46(38-34-42)60(4,5)6/h7-38H,1-6H3.